The molecular weight excluding hydrogens is 519 g/mol. The predicted molar refractivity (Wildman–Crippen MR) is 135 cm³/mol. The second-order valence-corrected chi connectivity index (χ2v) is 7.05. The average molecular weight is 546 g/mol. The number of ether oxygens (including phenoxy) is 3. The lowest BCUT2D eigenvalue weighted by Gasteiger charge is -2.13. The maximum Gasteiger partial charge on any atom is 0.231 e. The minimum absolute atomic E-state index is 0. The molecule has 2 N–H and O–H groups in total. The summed E-state index contributed by atoms with van der Waals surface area (Å²) in [7, 11) is 1.77. The number of aliphatic imine (C=N–C) groups is 1. The van der Waals surface area contributed by atoms with Crippen molar-refractivity contribution < 1.29 is 14.2 Å². The van der Waals surface area contributed by atoms with Gasteiger partial charge in [0.25, 0.3) is 0 Å². The smallest absolute Gasteiger partial charge is 0.231 e. The Kier molecular flexibility index (Phi) is 8.97. The molecular formula is C24H27IN4O3. The second kappa shape index (κ2) is 12.1. The van der Waals surface area contributed by atoms with Gasteiger partial charge in [0.2, 0.25) is 6.79 Å². The number of aromatic nitrogens is 1. The Morgan fingerprint density at radius 2 is 1.91 bits per heavy atom. The number of hydrogen-bond acceptors (Lipinski definition) is 5. The summed E-state index contributed by atoms with van der Waals surface area (Å²) in [6, 6.07) is 19.8. The van der Waals surface area contributed by atoms with Gasteiger partial charge >= 0.3 is 0 Å². The Labute approximate surface area is 205 Å². The third-order valence-corrected chi connectivity index (χ3v) is 4.84. The maximum atomic E-state index is 5.86. The number of benzene rings is 2. The number of halogens is 1. The molecule has 0 bridgehead atoms. The van der Waals surface area contributed by atoms with Gasteiger partial charge in [-0.15, -0.1) is 24.0 Å². The quantitative estimate of drug-likeness (QED) is 0.254. The number of pyridine rings is 1. The minimum atomic E-state index is 0. The predicted octanol–water partition coefficient (Wildman–Crippen LogP) is 3.92. The highest BCUT2D eigenvalue weighted by Crippen LogP contribution is 2.32. The highest BCUT2D eigenvalue weighted by Gasteiger charge is 2.13. The van der Waals surface area contributed by atoms with Gasteiger partial charge in [-0.3, -0.25) is 9.98 Å². The summed E-state index contributed by atoms with van der Waals surface area (Å²) in [6.45, 7) is 2.14. The molecule has 0 atom stereocenters. The lowest BCUT2D eigenvalue weighted by molar-refractivity contribution is 0.174. The molecule has 0 fully saturated rings. The standard InChI is InChI=1S/C24H26N4O3.HI/c1-25-24(27-12-10-18-8-9-22-23(14-18)31-17-30-22)28-15-19-5-4-7-21(13-19)29-16-20-6-2-3-11-26-20;/h2-9,11,13-14H,10,12,15-17H2,1H3,(H2,25,27,28);1H. The largest absolute Gasteiger partial charge is 0.487 e. The van der Waals surface area contributed by atoms with Crippen LogP contribution in [0.2, 0.25) is 0 Å². The number of nitrogens with zero attached hydrogens (tertiary/aromatic N) is 2. The molecule has 0 radical (unpaired) electrons. The zero-order chi connectivity index (χ0) is 21.3. The van der Waals surface area contributed by atoms with Crippen molar-refractivity contribution in [3.8, 4) is 17.2 Å². The molecule has 0 aliphatic carbocycles. The molecule has 4 rings (SSSR count). The molecule has 0 unspecified atom stereocenters. The van der Waals surface area contributed by atoms with E-state index < -0.39 is 0 Å². The molecule has 2 aromatic carbocycles. The topological polar surface area (TPSA) is 77.0 Å². The summed E-state index contributed by atoms with van der Waals surface area (Å²) in [6.07, 6.45) is 2.62. The molecule has 1 aromatic heterocycles. The van der Waals surface area contributed by atoms with Crippen LogP contribution in [0.25, 0.3) is 0 Å². The lowest BCUT2D eigenvalue weighted by Crippen LogP contribution is -2.37. The summed E-state index contributed by atoms with van der Waals surface area (Å²) < 4.78 is 16.6. The van der Waals surface area contributed by atoms with Crippen molar-refractivity contribution in [3.63, 3.8) is 0 Å². The molecule has 8 heteroatoms. The van der Waals surface area contributed by atoms with Gasteiger partial charge in [0.15, 0.2) is 17.5 Å². The highest BCUT2D eigenvalue weighted by atomic mass is 127. The molecule has 1 aliphatic heterocycles. The highest BCUT2D eigenvalue weighted by molar-refractivity contribution is 14.0. The third kappa shape index (κ3) is 6.74. The van der Waals surface area contributed by atoms with Crippen molar-refractivity contribution in [3.05, 3.63) is 83.7 Å². The van der Waals surface area contributed by atoms with Crippen molar-refractivity contribution >= 4 is 29.9 Å². The molecule has 1 aliphatic rings. The van der Waals surface area contributed by atoms with E-state index in [0.29, 0.717) is 19.9 Å². The molecule has 0 amide bonds. The van der Waals surface area contributed by atoms with Crippen LogP contribution in [0, 0.1) is 0 Å². The van der Waals surface area contributed by atoms with Gasteiger partial charge in [0.1, 0.15) is 12.4 Å². The van der Waals surface area contributed by atoms with E-state index in [0.717, 1.165) is 47.4 Å². The minimum Gasteiger partial charge on any atom is -0.487 e. The van der Waals surface area contributed by atoms with Crippen molar-refractivity contribution in [1.29, 1.82) is 0 Å². The summed E-state index contributed by atoms with van der Waals surface area (Å²) in [5, 5.41) is 6.69. The van der Waals surface area contributed by atoms with E-state index >= 15 is 0 Å². The number of rotatable bonds is 8. The number of nitrogens with one attached hydrogen (secondary N) is 2. The van der Waals surface area contributed by atoms with Gasteiger partial charge in [-0.2, -0.15) is 0 Å². The summed E-state index contributed by atoms with van der Waals surface area (Å²) in [5.74, 6) is 3.18. The first-order valence-electron chi connectivity index (χ1n) is 10.2. The van der Waals surface area contributed by atoms with Crippen LogP contribution in [-0.2, 0) is 19.6 Å². The average Bonchev–Trinajstić information content (AvgIpc) is 3.29. The van der Waals surface area contributed by atoms with Crippen LogP contribution in [0.3, 0.4) is 0 Å². The number of fused-ring (bicyclic) bond motifs is 1. The fourth-order valence-corrected chi connectivity index (χ4v) is 3.21. The SMILES string of the molecule is CN=C(NCCc1ccc2c(c1)OCO2)NCc1cccc(OCc2ccccn2)c1.I. The van der Waals surface area contributed by atoms with Crippen LogP contribution < -0.4 is 24.8 Å². The molecule has 0 spiro atoms. The van der Waals surface area contributed by atoms with E-state index in [9.17, 15) is 0 Å². The fraction of sp³-hybridized carbons (Fsp3) is 0.250. The van der Waals surface area contributed by atoms with Crippen LogP contribution in [0.4, 0.5) is 0 Å². The van der Waals surface area contributed by atoms with E-state index in [2.05, 4.69) is 32.7 Å². The molecule has 0 saturated carbocycles. The summed E-state index contributed by atoms with van der Waals surface area (Å²) in [4.78, 5) is 8.58. The normalized spacial score (nSPS) is 12.1. The summed E-state index contributed by atoms with van der Waals surface area (Å²) in [5.41, 5.74) is 3.19. The molecule has 168 valence electrons. The van der Waals surface area contributed by atoms with Crippen LogP contribution in [-0.4, -0.2) is 31.3 Å². The summed E-state index contributed by atoms with van der Waals surface area (Å²) >= 11 is 0. The zero-order valence-corrected chi connectivity index (χ0v) is 20.2. The first-order chi connectivity index (χ1) is 15.3. The van der Waals surface area contributed by atoms with E-state index in [1.807, 2.05) is 48.5 Å². The fourth-order valence-electron chi connectivity index (χ4n) is 3.21. The van der Waals surface area contributed by atoms with Gasteiger partial charge in [0, 0.05) is 26.3 Å². The molecule has 32 heavy (non-hydrogen) atoms. The first kappa shape index (κ1) is 23.6. The second-order valence-electron chi connectivity index (χ2n) is 7.05. The van der Waals surface area contributed by atoms with Gasteiger partial charge in [-0.1, -0.05) is 24.3 Å². The molecule has 3 aromatic rings. The zero-order valence-electron chi connectivity index (χ0n) is 17.9. The Hall–Kier alpha value is -3.01. The number of guanidine groups is 1. The Morgan fingerprint density at radius 3 is 2.75 bits per heavy atom. The van der Waals surface area contributed by atoms with Gasteiger partial charge in [-0.05, 0) is 53.9 Å². The Morgan fingerprint density at radius 1 is 1.00 bits per heavy atom. The van der Waals surface area contributed by atoms with Crippen molar-refractivity contribution in [2.24, 2.45) is 4.99 Å². The van der Waals surface area contributed by atoms with Crippen LogP contribution in [0.15, 0.2) is 71.9 Å². The third-order valence-electron chi connectivity index (χ3n) is 4.84. The monoisotopic (exact) mass is 546 g/mol. The van der Waals surface area contributed by atoms with Crippen molar-refractivity contribution in [1.82, 2.24) is 15.6 Å². The van der Waals surface area contributed by atoms with E-state index in [-0.39, 0.29) is 24.0 Å². The maximum absolute atomic E-state index is 5.86. The van der Waals surface area contributed by atoms with Gasteiger partial charge in [0.05, 0.1) is 5.69 Å². The van der Waals surface area contributed by atoms with Crippen LogP contribution >= 0.6 is 24.0 Å². The van der Waals surface area contributed by atoms with Crippen LogP contribution in [0.5, 0.6) is 17.2 Å². The Bertz CT molecular complexity index is 1030. The lowest BCUT2D eigenvalue weighted by atomic mass is 10.1. The molecule has 7 nitrogen and oxygen atoms in total. The van der Waals surface area contributed by atoms with Gasteiger partial charge in [-0.25, -0.2) is 0 Å². The van der Waals surface area contributed by atoms with Gasteiger partial charge < -0.3 is 24.8 Å². The van der Waals surface area contributed by atoms with E-state index in [1.54, 1.807) is 13.2 Å². The van der Waals surface area contributed by atoms with E-state index in [4.69, 9.17) is 14.2 Å². The first-order valence-corrected chi connectivity index (χ1v) is 10.2. The van der Waals surface area contributed by atoms with Crippen LogP contribution in [0.1, 0.15) is 16.8 Å². The number of hydrogen-bond donors (Lipinski definition) is 2. The van der Waals surface area contributed by atoms with Crippen molar-refractivity contribution in [2.45, 2.75) is 19.6 Å². The van der Waals surface area contributed by atoms with E-state index in [1.165, 1.54) is 5.56 Å². The Balaban J connectivity index is 0.00000289. The van der Waals surface area contributed by atoms with Crippen molar-refractivity contribution in [2.75, 3.05) is 20.4 Å². The molecule has 0 saturated heterocycles. The molecule has 2 heterocycles.